The number of nitrogens with zero attached hydrogens (tertiary/aromatic N) is 5. The van der Waals surface area contributed by atoms with Gasteiger partial charge in [-0.1, -0.05) is 13.0 Å². The highest BCUT2D eigenvalue weighted by Gasteiger charge is 2.18. The zero-order valence-electron chi connectivity index (χ0n) is 18.0. The number of nitrogen functional groups attached to an aromatic ring is 1. The van der Waals surface area contributed by atoms with E-state index in [-0.39, 0.29) is 17.1 Å². The van der Waals surface area contributed by atoms with Crippen molar-refractivity contribution in [2.24, 2.45) is 0 Å². The van der Waals surface area contributed by atoms with Gasteiger partial charge < -0.3 is 15.6 Å². The molecule has 0 bridgehead atoms. The molecule has 10 heteroatoms. The van der Waals surface area contributed by atoms with Crippen molar-refractivity contribution < 1.29 is 4.21 Å². The third kappa shape index (κ3) is 4.77. The summed E-state index contributed by atoms with van der Waals surface area (Å²) in [7, 11) is -0.867. The maximum atomic E-state index is 12.7. The van der Waals surface area contributed by atoms with Crippen LogP contribution in [-0.4, -0.2) is 41.9 Å². The Balaban J connectivity index is 1.78. The number of anilines is 2. The molecule has 31 heavy (non-hydrogen) atoms. The lowest BCUT2D eigenvalue weighted by atomic mass is 10.2. The molecule has 0 spiro atoms. The van der Waals surface area contributed by atoms with Crippen molar-refractivity contribution in [2.45, 2.75) is 39.7 Å². The van der Waals surface area contributed by atoms with Gasteiger partial charge in [-0.15, -0.1) is 0 Å². The van der Waals surface area contributed by atoms with Gasteiger partial charge in [-0.05, 0) is 32.3 Å². The van der Waals surface area contributed by atoms with Crippen LogP contribution in [-0.2, 0) is 30.2 Å². The molecule has 3 rings (SSSR count). The number of fused-ring (bicyclic) bond motifs is 1. The number of rotatable bonds is 9. The van der Waals surface area contributed by atoms with Crippen molar-refractivity contribution in [1.29, 1.82) is 0 Å². The van der Waals surface area contributed by atoms with Crippen LogP contribution in [0.1, 0.15) is 30.2 Å². The Morgan fingerprint density at radius 1 is 1.39 bits per heavy atom. The van der Waals surface area contributed by atoms with Crippen LogP contribution >= 0.6 is 0 Å². The second kappa shape index (κ2) is 9.75. The highest BCUT2D eigenvalue weighted by atomic mass is 32.2. The monoisotopic (exact) mass is 441 g/mol. The molecule has 1 unspecified atom stereocenters. The summed E-state index contributed by atoms with van der Waals surface area (Å²) in [5, 5.41) is 7.59. The van der Waals surface area contributed by atoms with Crippen LogP contribution < -0.4 is 16.6 Å². The first-order valence-electron chi connectivity index (χ1n) is 10.1. The summed E-state index contributed by atoms with van der Waals surface area (Å²) < 4.78 is 14.4. The lowest BCUT2D eigenvalue weighted by molar-refractivity contribution is 0.640. The van der Waals surface area contributed by atoms with Crippen molar-refractivity contribution in [2.75, 3.05) is 29.6 Å². The van der Waals surface area contributed by atoms with E-state index in [4.69, 9.17) is 12.3 Å². The molecule has 0 saturated carbocycles. The van der Waals surface area contributed by atoms with Crippen LogP contribution in [0.3, 0.4) is 0 Å². The average molecular weight is 442 g/mol. The van der Waals surface area contributed by atoms with E-state index in [2.05, 4.69) is 20.2 Å². The summed E-state index contributed by atoms with van der Waals surface area (Å²) in [6.07, 6.45) is 5.33. The van der Waals surface area contributed by atoms with E-state index in [1.54, 1.807) is 23.1 Å². The Kier molecular flexibility index (Phi) is 7.07. The topological polar surface area (TPSA) is 112 Å². The summed E-state index contributed by atoms with van der Waals surface area (Å²) in [5.74, 6) is 1.22. The average Bonchev–Trinajstić information content (AvgIpc) is 3.05. The van der Waals surface area contributed by atoms with Crippen LogP contribution in [0.5, 0.6) is 0 Å². The molecular formula is C21H27N7O2S. The normalized spacial score (nSPS) is 12.1. The van der Waals surface area contributed by atoms with Crippen molar-refractivity contribution >= 4 is 33.8 Å². The minimum absolute atomic E-state index is 0.0563. The summed E-state index contributed by atoms with van der Waals surface area (Å²) in [4.78, 5) is 20.8. The number of nitrogens with two attached hydrogens (primary N) is 1. The second-order valence-electron chi connectivity index (χ2n) is 7.30. The number of hydrogen-bond acceptors (Lipinski definition) is 6. The molecule has 164 valence electrons. The number of aryl methyl sites for hydroxylation is 3. The van der Waals surface area contributed by atoms with E-state index < -0.39 is 10.8 Å². The Morgan fingerprint density at radius 2 is 2.16 bits per heavy atom. The van der Waals surface area contributed by atoms with Crippen LogP contribution in [0.15, 0.2) is 23.1 Å². The highest BCUT2D eigenvalue weighted by molar-refractivity contribution is 7.84. The maximum Gasteiger partial charge on any atom is 0.268 e. The van der Waals surface area contributed by atoms with Crippen LogP contribution in [0.2, 0.25) is 0 Å². The van der Waals surface area contributed by atoms with E-state index in [1.165, 1.54) is 4.52 Å². The van der Waals surface area contributed by atoms with Gasteiger partial charge in [-0.3, -0.25) is 9.00 Å². The van der Waals surface area contributed by atoms with Gasteiger partial charge in [0.1, 0.15) is 11.6 Å². The minimum atomic E-state index is -0.867. The van der Waals surface area contributed by atoms with Crippen molar-refractivity contribution in [3.8, 4) is 0 Å². The van der Waals surface area contributed by atoms with Gasteiger partial charge in [-0.25, -0.2) is 14.3 Å². The fourth-order valence-electron chi connectivity index (χ4n) is 3.56. The van der Waals surface area contributed by atoms with Gasteiger partial charge in [0.2, 0.25) is 0 Å². The van der Waals surface area contributed by atoms with E-state index in [1.807, 2.05) is 19.9 Å². The van der Waals surface area contributed by atoms with Crippen LogP contribution in [0.4, 0.5) is 17.3 Å². The zero-order chi connectivity index (χ0) is 22.5. The molecule has 0 saturated heterocycles. The van der Waals surface area contributed by atoms with E-state index in [0.29, 0.717) is 48.7 Å². The molecule has 0 radical (unpaired) electrons. The lowest BCUT2D eigenvalue weighted by Gasteiger charge is -2.12. The smallest absolute Gasteiger partial charge is 0.268 e. The molecular weight excluding hydrogens is 414 g/mol. The molecule has 0 aliphatic heterocycles. The first-order chi connectivity index (χ1) is 14.9. The largest absolute Gasteiger partial charge is 0.392 e. The fourth-order valence-corrected chi connectivity index (χ4v) is 4.10. The quantitative estimate of drug-likeness (QED) is 0.493. The third-order valence-corrected chi connectivity index (χ3v) is 6.02. The Morgan fingerprint density at radius 3 is 2.84 bits per heavy atom. The molecule has 3 aromatic rings. The number of hydrogen-bond donors (Lipinski definition) is 2. The molecule has 1 atom stereocenters. The van der Waals surface area contributed by atoms with Crippen molar-refractivity contribution in [3.05, 3.63) is 56.9 Å². The molecule has 3 aromatic heterocycles. The molecule has 0 fully saturated rings. The lowest BCUT2D eigenvalue weighted by Crippen LogP contribution is -2.25. The van der Waals surface area contributed by atoms with Gasteiger partial charge >= 0.3 is 0 Å². The Labute approximate surface area is 183 Å². The zero-order valence-corrected chi connectivity index (χ0v) is 18.8. The predicted octanol–water partition coefficient (Wildman–Crippen LogP) is 2.32. The van der Waals surface area contributed by atoms with Crippen molar-refractivity contribution in [1.82, 2.24) is 19.2 Å². The SMILES string of the molecule is [C-]#[N+]c1c(NCCc2cccn(CCCS(C)=O)c2=O)nc2c(CC)c(C)nn2c1N. The van der Waals surface area contributed by atoms with Gasteiger partial charge in [0.15, 0.2) is 5.65 Å². The first-order valence-corrected chi connectivity index (χ1v) is 11.9. The highest BCUT2D eigenvalue weighted by Crippen LogP contribution is 2.32. The second-order valence-corrected chi connectivity index (χ2v) is 8.85. The Hall–Kier alpha value is -3.19. The number of aromatic nitrogens is 4. The minimum Gasteiger partial charge on any atom is -0.392 e. The van der Waals surface area contributed by atoms with E-state index in [9.17, 15) is 9.00 Å². The summed E-state index contributed by atoms with van der Waals surface area (Å²) in [6.45, 7) is 12.4. The summed E-state index contributed by atoms with van der Waals surface area (Å²) in [6, 6.07) is 3.64. The Bertz CT molecular complexity index is 1220. The van der Waals surface area contributed by atoms with E-state index >= 15 is 0 Å². The maximum absolute atomic E-state index is 12.7. The van der Waals surface area contributed by atoms with Crippen LogP contribution in [0, 0.1) is 13.5 Å². The predicted molar refractivity (Wildman–Crippen MR) is 124 cm³/mol. The molecule has 9 nitrogen and oxygen atoms in total. The number of nitrogens with one attached hydrogen (secondary N) is 1. The van der Waals surface area contributed by atoms with Crippen LogP contribution in [0.25, 0.3) is 10.5 Å². The van der Waals surface area contributed by atoms with E-state index in [0.717, 1.165) is 17.7 Å². The molecule has 0 aliphatic rings. The first kappa shape index (κ1) is 22.5. The van der Waals surface area contributed by atoms with Gasteiger partial charge in [-0.2, -0.15) is 5.10 Å². The van der Waals surface area contributed by atoms with Gasteiger partial charge in [0.25, 0.3) is 11.2 Å². The molecule has 0 amide bonds. The summed E-state index contributed by atoms with van der Waals surface area (Å²) in [5.41, 5.74) is 9.49. The molecule has 0 aromatic carbocycles. The third-order valence-electron chi connectivity index (χ3n) is 5.15. The van der Waals surface area contributed by atoms with Gasteiger partial charge in [0, 0.05) is 53.2 Å². The molecule has 0 aliphatic carbocycles. The molecule has 3 heterocycles. The number of pyridine rings is 1. The van der Waals surface area contributed by atoms with Crippen molar-refractivity contribution in [3.63, 3.8) is 0 Å². The van der Waals surface area contributed by atoms with Gasteiger partial charge in [0.05, 0.1) is 12.3 Å². The molecule has 3 N–H and O–H groups in total. The standard InChI is InChI=1S/C21H27N7O2S/c1-5-16-14(2)26-28-18(22)17(23-3)19(25-20(16)28)24-10-9-15-8-6-11-27(21(15)29)12-7-13-31(4)30/h6,8,11H,5,7,9-10,12-13,22H2,1-2,4H3,(H,24,25). The summed E-state index contributed by atoms with van der Waals surface area (Å²) >= 11 is 0. The fraction of sp³-hybridized carbons (Fsp3) is 0.429.